The fourth-order valence-electron chi connectivity index (χ4n) is 2.02. The molecule has 0 saturated heterocycles. The lowest BCUT2D eigenvalue weighted by Crippen LogP contribution is -2.46. The Morgan fingerprint density at radius 1 is 1.29 bits per heavy atom. The molecule has 1 aromatic rings. The SMILES string of the molecule is NC(=O)CCCc1cn(C(CO)(CO)COCC(CO)CO)nn1. The van der Waals surface area contributed by atoms with Crippen LogP contribution in [0.4, 0.5) is 0 Å². The van der Waals surface area contributed by atoms with Crippen LogP contribution in [-0.2, 0) is 21.5 Å². The molecule has 0 fully saturated rings. The second-order valence-electron chi connectivity index (χ2n) is 5.76. The molecule has 0 spiro atoms. The van der Waals surface area contributed by atoms with Gasteiger partial charge >= 0.3 is 0 Å². The van der Waals surface area contributed by atoms with E-state index in [0.717, 1.165) is 0 Å². The quantitative estimate of drug-likeness (QED) is 0.259. The number of carbonyl (C=O) groups is 1. The molecule has 10 nitrogen and oxygen atoms in total. The minimum atomic E-state index is -1.20. The van der Waals surface area contributed by atoms with Crippen LogP contribution < -0.4 is 5.73 Å². The molecule has 0 unspecified atom stereocenters. The van der Waals surface area contributed by atoms with E-state index in [9.17, 15) is 15.0 Å². The van der Waals surface area contributed by atoms with Crippen LogP contribution in [0.1, 0.15) is 18.5 Å². The first kappa shape index (κ1) is 20.5. The van der Waals surface area contributed by atoms with Crippen LogP contribution in [0.2, 0.25) is 0 Å². The van der Waals surface area contributed by atoms with Gasteiger partial charge in [-0.2, -0.15) is 0 Å². The fourth-order valence-corrected chi connectivity index (χ4v) is 2.02. The first-order chi connectivity index (χ1) is 11.5. The number of nitrogens with zero attached hydrogens (tertiary/aromatic N) is 3. The number of amides is 1. The third-order valence-corrected chi connectivity index (χ3v) is 3.71. The van der Waals surface area contributed by atoms with Crippen molar-refractivity contribution in [1.82, 2.24) is 15.0 Å². The van der Waals surface area contributed by atoms with Gasteiger partial charge in [0.25, 0.3) is 0 Å². The lowest BCUT2D eigenvalue weighted by Gasteiger charge is -2.29. The Morgan fingerprint density at radius 2 is 1.96 bits per heavy atom. The van der Waals surface area contributed by atoms with Gasteiger partial charge in [0.1, 0.15) is 5.54 Å². The van der Waals surface area contributed by atoms with E-state index in [1.165, 1.54) is 4.68 Å². The molecule has 24 heavy (non-hydrogen) atoms. The number of primary amides is 1. The maximum Gasteiger partial charge on any atom is 0.217 e. The molecule has 0 radical (unpaired) electrons. The summed E-state index contributed by atoms with van der Waals surface area (Å²) in [5.74, 6) is -0.821. The normalized spacial score (nSPS) is 12.0. The van der Waals surface area contributed by atoms with Crippen LogP contribution in [0, 0.1) is 5.92 Å². The van der Waals surface area contributed by atoms with Crippen molar-refractivity contribution >= 4 is 5.91 Å². The monoisotopic (exact) mass is 346 g/mol. The van der Waals surface area contributed by atoms with E-state index in [0.29, 0.717) is 18.5 Å². The second kappa shape index (κ2) is 10.3. The smallest absolute Gasteiger partial charge is 0.217 e. The van der Waals surface area contributed by atoms with Gasteiger partial charge in [0.2, 0.25) is 5.91 Å². The molecular weight excluding hydrogens is 320 g/mol. The maximum absolute atomic E-state index is 10.7. The van der Waals surface area contributed by atoms with Crippen LogP contribution in [0.3, 0.4) is 0 Å². The number of ether oxygens (including phenoxy) is 1. The van der Waals surface area contributed by atoms with Crippen LogP contribution >= 0.6 is 0 Å². The Balaban J connectivity index is 2.68. The molecule has 10 heteroatoms. The van der Waals surface area contributed by atoms with E-state index in [1.807, 2.05) is 0 Å². The van der Waals surface area contributed by atoms with Crippen molar-refractivity contribution in [3.05, 3.63) is 11.9 Å². The predicted octanol–water partition coefficient (Wildman–Crippen LogP) is -2.62. The third kappa shape index (κ3) is 5.80. The first-order valence-electron chi connectivity index (χ1n) is 7.72. The molecule has 1 amide bonds. The highest BCUT2D eigenvalue weighted by molar-refractivity contribution is 5.73. The Bertz CT molecular complexity index is 487. The van der Waals surface area contributed by atoms with Gasteiger partial charge in [-0.15, -0.1) is 5.10 Å². The fraction of sp³-hybridized carbons (Fsp3) is 0.786. The zero-order valence-corrected chi connectivity index (χ0v) is 13.5. The molecule has 0 aromatic carbocycles. The maximum atomic E-state index is 10.7. The summed E-state index contributed by atoms with van der Waals surface area (Å²) in [5, 5.41) is 45.3. The number of aromatic nitrogens is 3. The lowest BCUT2D eigenvalue weighted by atomic mass is 10.0. The summed E-state index contributed by atoms with van der Waals surface area (Å²) in [7, 11) is 0. The topological polar surface area (TPSA) is 164 Å². The minimum Gasteiger partial charge on any atom is -0.396 e. The lowest BCUT2D eigenvalue weighted by molar-refractivity contribution is -0.118. The number of hydrogen-bond donors (Lipinski definition) is 5. The molecule has 0 saturated carbocycles. The van der Waals surface area contributed by atoms with Crippen LogP contribution in [0.25, 0.3) is 0 Å². The van der Waals surface area contributed by atoms with E-state index in [4.69, 9.17) is 20.7 Å². The molecule has 0 bridgehead atoms. The molecule has 1 rings (SSSR count). The van der Waals surface area contributed by atoms with Gasteiger partial charge in [0.05, 0.1) is 45.3 Å². The summed E-state index contributed by atoms with van der Waals surface area (Å²) >= 11 is 0. The van der Waals surface area contributed by atoms with Crippen molar-refractivity contribution in [2.24, 2.45) is 11.7 Å². The van der Waals surface area contributed by atoms with Gasteiger partial charge < -0.3 is 30.9 Å². The first-order valence-corrected chi connectivity index (χ1v) is 7.72. The summed E-state index contributed by atoms with van der Waals surface area (Å²) in [5.41, 5.74) is 4.48. The molecule has 1 heterocycles. The largest absolute Gasteiger partial charge is 0.396 e. The van der Waals surface area contributed by atoms with E-state index in [1.54, 1.807) is 6.20 Å². The Labute approximate surface area is 139 Å². The van der Waals surface area contributed by atoms with Crippen molar-refractivity contribution in [3.8, 4) is 0 Å². The van der Waals surface area contributed by atoms with Crippen molar-refractivity contribution < 1.29 is 30.0 Å². The van der Waals surface area contributed by atoms with Crippen molar-refractivity contribution in [2.45, 2.75) is 24.8 Å². The molecular formula is C14H26N4O6. The number of nitrogens with two attached hydrogens (primary N) is 1. The second-order valence-corrected chi connectivity index (χ2v) is 5.76. The Hall–Kier alpha value is -1.59. The number of aryl methyl sites for hydroxylation is 1. The highest BCUT2D eigenvalue weighted by Crippen LogP contribution is 2.16. The van der Waals surface area contributed by atoms with Crippen LogP contribution in [0.15, 0.2) is 6.20 Å². The highest BCUT2D eigenvalue weighted by Gasteiger charge is 2.33. The predicted molar refractivity (Wildman–Crippen MR) is 82.8 cm³/mol. The van der Waals surface area contributed by atoms with Gasteiger partial charge in [-0.3, -0.25) is 4.79 Å². The molecule has 0 atom stereocenters. The van der Waals surface area contributed by atoms with Crippen LogP contribution in [-0.4, -0.2) is 81.0 Å². The Morgan fingerprint density at radius 3 is 2.50 bits per heavy atom. The van der Waals surface area contributed by atoms with Gasteiger partial charge in [-0.25, -0.2) is 4.68 Å². The highest BCUT2D eigenvalue weighted by atomic mass is 16.5. The van der Waals surface area contributed by atoms with Crippen molar-refractivity contribution in [2.75, 3.05) is 39.6 Å². The minimum absolute atomic E-state index is 0.0689. The number of aliphatic hydroxyl groups is 4. The van der Waals surface area contributed by atoms with E-state index in [2.05, 4.69) is 10.3 Å². The third-order valence-electron chi connectivity index (χ3n) is 3.71. The number of aliphatic hydroxyl groups excluding tert-OH is 4. The number of carbonyl (C=O) groups excluding carboxylic acids is 1. The van der Waals surface area contributed by atoms with Gasteiger partial charge in [0.15, 0.2) is 0 Å². The number of hydrogen-bond acceptors (Lipinski definition) is 8. The van der Waals surface area contributed by atoms with E-state index in [-0.39, 0.29) is 32.8 Å². The molecule has 0 aliphatic heterocycles. The van der Waals surface area contributed by atoms with Gasteiger partial charge in [0, 0.05) is 18.5 Å². The van der Waals surface area contributed by atoms with E-state index >= 15 is 0 Å². The van der Waals surface area contributed by atoms with Crippen molar-refractivity contribution in [3.63, 3.8) is 0 Å². The molecule has 6 N–H and O–H groups in total. The van der Waals surface area contributed by atoms with Gasteiger partial charge in [-0.1, -0.05) is 5.21 Å². The molecule has 0 aliphatic rings. The standard InChI is InChI=1S/C14H26N4O6/c15-13(23)3-1-2-12-4-18(17-16-12)14(8-21,9-22)10-24-7-11(5-19)6-20/h4,11,19-22H,1-3,5-10H2,(H2,15,23). The zero-order valence-electron chi connectivity index (χ0n) is 13.5. The molecule has 0 aliphatic carbocycles. The van der Waals surface area contributed by atoms with Gasteiger partial charge in [-0.05, 0) is 12.8 Å². The zero-order chi connectivity index (χ0) is 18.0. The number of rotatable bonds is 13. The summed E-state index contributed by atoms with van der Waals surface area (Å²) in [6.07, 6.45) is 2.84. The summed E-state index contributed by atoms with van der Waals surface area (Å²) < 4.78 is 6.74. The van der Waals surface area contributed by atoms with Crippen molar-refractivity contribution in [1.29, 1.82) is 0 Å². The summed E-state index contributed by atoms with van der Waals surface area (Å²) in [6, 6.07) is 0. The summed E-state index contributed by atoms with van der Waals surface area (Å²) in [6.45, 7) is -1.31. The average Bonchev–Trinajstić information content (AvgIpc) is 3.05. The van der Waals surface area contributed by atoms with Crippen LogP contribution in [0.5, 0.6) is 0 Å². The molecule has 1 aromatic heterocycles. The average molecular weight is 346 g/mol. The van der Waals surface area contributed by atoms with E-state index < -0.39 is 30.6 Å². The summed E-state index contributed by atoms with van der Waals surface area (Å²) in [4.78, 5) is 10.7. The Kier molecular flexibility index (Phi) is 8.79. The molecule has 138 valence electrons.